The highest BCUT2D eigenvalue weighted by Gasteiger charge is 1.93. The Morgan fingerprint density at radius 3 is 1.81 bits per heavy atom. The average molecular weight is 249 g/mol. The van der Waals surface area contributed by atoms with E-state index in [0.717, 1.165) is 24.2 Å². The van der Waals surface area contributed by atoms with Gasteiger partial charge in [-0.05, 0) is 6.42 Å². The van der Waals surface area contributed by atoms with Gasteiger partial charge in [0.1, 0.15) is 0 Å². The molecule has 0 N–H and O–H groups in total. The van der Waals surface area contributed by atoms with Crippen LogP contribution in [0.15, 0.2) is 0 Å². The Hall–Kier alpha value is 0.230. The van der Waals surface area contributed by atoms with E-state index in [-0.39, 0.29) is 0 Å². The van der Waals surface area contributed by atoms with E-state index in [9.17, 15) is 5.26 Å². The second-order valence-corrected chi connectivity index (χ2v) is 4.92. The molecule has 0 radical (unpaired) electrons. The SMILES string of the molecule is CCCCCCCCCCCCSOO[O-]. The minimum absolute atomic E-state index is 0.846. The molecule has 4 heteroatoms. The molecule has 0 aromatic heterocycles. The van der Waals surface area contributed by atoms with Crippen LogP contribution in [0.2, 0.25) is 0 Å². The molecule has 16 heavy (non-hydrogen) atoms. The van der Waals surface area contributed by atoms with Crippen molar-refractivity contribution in [3.8, 4) is 0 Å². The van der Waals surface area contributed by atoms with Crippen LogP contribution in [-0.4, -0.2) is 5.75 Å². The van der Waals surface area contributed by atoms with Gasteiger partial charge in [-0.1, -0.05) is 64.7 Å². The van der Waals surface area contributed by atoms with Gasteiger partial charge in [-0.15, -0.1) is 0 Å². The Bertz CT molecular complexity index is 109. The van der Waals surface area contributed by atoms with E-state index in [0.29, 0.717) is 0 Å². The van der Waals surface area contributed by atoms with Crippen LogP contribution >= 0.6 is 12.0 Å². The van der Waals surface area contributed by atoms with Crippen molar-refractivity contribution in [2.75, 3.05) is 5.75 Å². The molecule has 0 unspecified atom stereocenters. The van der Waals surface area contributed by atoms with Gasteiger partial charge < -0.3 is 5.26 Å². The summed E-state index contributed by atoms with van der Waals surface area (Å²) in [6, 6.07) is 0. The lowest BCUT2D eigenvalue weighted by Gasteiger charge is -2.04. The molecule has 0 saturated carbocycles. The van der Waals surface area contributed by atoms with E-state index in [1.54, 1.807) is 0 Å². The largest absolute Gasteiger partial charge is 0.691 e. The van der Waals surface area contributed by atoms with E-state index in [1.165, 1.54) is 57.8 Å². The summed E-state index contributed by atoms with van der Waals surface area (Å²) in [6.45, 7) is 2.25. The molecule has 0 heterocycles. The topological polar surface area (TPSA) is 41.5 Å². The summed E-state index contributed by atoms with van der Waals surface area (Å²) in [7, 11) is 0. The van der Waals surface area contributed by atoms with Gasteiger partial charge >= 0.3 is 0 Å². The Balaban J connectivity index is 2.83. The van der Waals surface area contributed by atoms with Crippen molar-refractivity contribution in [3.63, 3.8) is 0 Å². The molecule has 0 saturated heterocycles. The van der Waals surface area contributed by atoms with Gasteiger partial charge in [0.05, 0.1) is 0 Å². The number of rotatable bonds is 13. The first kappa shape index (κ1) is 16.2. The lowest BCUT2D eigenvalue weighted by Crippen LogP contribution is -2.01. The quantitative estimate of drug-likeness (QED) is 0.215. The maximum absolute atomic E-state index is 9.47. The molecule has 0 amide bonds. The van der Waals surface area contributed by atoms with E-state index in [1.807, 2.05) is 0 Å². The Morgan fingerprint density at radius 1 is 0.812 bits per heavy atom. The van der Waals surface area contributed by atoms with Crippen LogP contribution in [0.1, 0.15) is 71.1 Å². The first-order valence-electron chi connectivity index (χ1n) is 6.50. The predicted molar refractivity (Wildman–Crippen MR) is 66.5 cm³/mol. The van der Waals surface area contributed by atoms with E-state index in [4.69, 9.17) is 0 Å². The third-order valence-electron chi connectivity index (χ3n) is 2.66. The highest BCUT2D eigenvalue weighted by Crippen LogP contribution is 2.12. The maximum atomic E-state index is 9.47. The molecule has 0 spiro atoms. The van der Waals surface area contributed by atoms with Crippen LogP contribution < -0.4 is 5.26 Å². The summed E-state index contributed by atoms with van der Waals surface area (Å²) in [5, 5.41) is 12.7. The molecule has 98 valence electrons. The molecule has 0 aliphatic rings. The van der Waals surface area contributed by atoms with Crippen molar-refractivity contribution in [1.29, 1.82) is 0 Å². The molecule has 0 bridgehead atoms. The molecule has 0 aromatic rings. The fraction of sp³-hybridized carbons (Fsp3) is 1.00. The standard InChI is InChI=1S/C12H26O3S/c1-2-3-4-5-6-7-8-9-10-11-12-16-15-14-13/h13H,2-12H2,1H3/p-1. The van der Waals surface area contributed by atoms with Gasteiger partial charge in [0.25, 0.3) is 0 Å². The van der Waals surface area contributed by atoms with Gasteiger partial charge in [-0.3, -0.25) is 5.04 Å². The number of hydrogen-bond acceptors (Lipinski definition) is 4. The summed E-state index contributed by atoms with van der Waals surface area (Å²) >= 11 is 1.10. The van der Waals surface area contributed by atoms with E-state index < -0.39 is 0 Å². The van der Waals surface area contributed by atoms with E-state index >= 15 is 0 Å². The second-order valence-electron chi connectivity index (χ2n) is 4.14. The van der Waals surface area contributed by atoms with Crippen LogP contribution in [-0.2, 0) is 9.37 Å². The monoisotopic (exact) mass is 249 g/mol. The van der Waals surface area contributed by atoms with Crippen LogP contribution in [0.5, 0.6) is 0 Å². The van der Waals surface area contributed by atoms with Gasteiger partial charge in [0.15, 0.2) is 0 Å². The van der Waals surface area contributed by atoms with Gasteiger partial charge in [-0.2, -0.15) is 4.33 Å². The minimum atomic E-state index is 0.846. The smallest absolute Gasteiger partial charge is 0.0305 e. The third kappa shape index (κ3) is 14.2. The lowest BCUT2D eigenvalue weighted by atomic mass is 10.1. The zero-order valence-electron chi connectivity index (χ0n) is 10.4. The van der Waals surface area contributed by atoms with Crippen molar-refractivity contribution in [2.24, 2.45) is 0 Å². The summed E-state index contributed by atoms with van der Waals surface area (Å²) in [5.74, 6) is 0.846. The zero-order valence-corrected chi connectivity index (χ0v) is 11.2. The molecule has 0 aliphatic carbocycles. The third-order valence-corrected chi connectivity index (χ3v) is 3.26. The van der Waals surface area contributed by atoms with Crippen molar-refractivity contribution >= 4 is 12.0 Å². The molecule has 0 rings (SSSR count). The van der Waals surface area contributed by atoms with Gasteiger partial charge in [-0.25, -0.2) is 0 Å². The van der Waals surface area contributed by atoms with Crippen molar-refractivity contribution in [1.82, 2.24) is 0 Å². The summed E-state index contributed by atoms with van der Waals surface area (Å²) in [4.78, 5) is 0. The average Bonchev–Trinajstić information content (AvgIpc) is 2.31. The molecule has 0 atom stereocenters. The highest BCUT2D eigenvalue weighted by atomic mass is 32.2. The molecule has 3 nitrogen and oxygen atoms in total. The first-order chi connectivity index (χ1) is 7.91. The molecule has 0 fully saturated rings. The Labute approximate surface area is 104 Å². The van der Waals surface area contributed by atoms with Crippen LogP contribution in [0.4, 0.5) is 0 Å². The van der Waals surface area contributed by atoms with Gasteiger partial charge in [0.2, 0.25) is 0 Å². The first-order valence-corrected chi connectivity index (χ1v) is 7.41. The molecular weight excluding hydrogens is 224 g/mol. The Morgan fingerprint density at radius 2 is 1.31 bits per heavy atom. The molecule has 0 aromatic carbocycles. The van der Waals surface area contributed by atoms with Crippen molar-refractivity contribution in [3.05, 3.63) is 0 Å². The maximum Gasteiger partial charge on any atom is 0.0305 e. The highest BCUT2D eigenvalue weighted by molar-refractivity contribution is 7.94. The summed E-state index contributed by atoms with van der Waals surface area (Å²) in [6.07, 6.45) is 13.2. The zero-order chi connectivity index (χ0) is 11.9. The van der Waals surface area contributed by atoms with Crippen molar-refractivity contribution in [2.45, 2.75) is 71.1 Å². The van der Waals surface area contributed by atoms with Gasteiger partial charge in [0, 0.05) is 17.8 Å². The predicted octanol–water partition coefficient (Wildman–Crippen LogP) is 3.78. The lowest BCUT2D eigenvalue weighted by molar-refractivity contribution is -0.777. The van der Waals surface area contributed by atoms with Crippen LogP contribution in [0.3, 0.4) is 0 Å². The minimum Gasteiger partial charge on any atom is -0.691 e. The number of unbranched alkanes of at least 4 members (excludes halogenated alkanes) is 9. The normalized spacial score (nSPS) is 10.9. The molecule has 0 aliphatic heterocycles. The number of hydrogen-bond donors (Lipinski definition) is 0. The summed E-state index contributed by atoms with van der Waals surface area (Å²) < 4.78 is 4.18. The van der Waals surface area contributed by atoms with Crippen molar-refractivity contribution < 1.29 is 14.6 Å². The second kappa shape index (κ2) is 15.2. The molecular formula is C12H25O3S-. The fourth-order valence-electron chi connectivity index (χ4n) is 1.70. The van der Waals surface area contributed by atoms with Crippen LogP contribution in [0, 0.1) is 0 Å². The van der Waals surface area contributed by atoms with Crippen LogP contribution in [0.25, 0.3) is 0 Å². The van der Waals surface area contributed by atoms with E-state index in [2.05, 4.69) is 16.3 Å². The Kier molecular flexibility index (Phi) is 15.4. The summed E-state index contributed by atoms with van der Waals surface area (Å²) in [5.41, 5.74) is 0. The fourth-order valence-corrected chi connectivity index (χ4v) is 2.13.